The normalized spacial score (nSPS) is 14.9. The number of carbonyl (C=O) groups is 2. The van der Waals surface area contributed by atoms with E-state index in [1.807, 2.05) is 12.1 Å². The molecule has 10 heteroatoms. The molecule has 0 spiro atoms. The summed E-state index contributed by atoms with van der Waals surface area (Å²) in [6.45, 7) is 1.38. The third-order valence-corrected chi connectivity index (χ3v) is 5.90. The van der Waals surface area contributed by atoms with Crippen LogP contribution in [0.2, 0.25) is 0 Å². The zero-order chi connectivity index (χ0) is 19.1. The van der Waals surface area contributed by atoms with Crippen LogP contribution in [-0.4, -0.2) is 55.9 Å². The van der Waals surface area contributed by atoms with Crippen molar-refractivity contribution < 1.29 is 23.8 Å². The highest BCUT2D eigenvalue weighted by Crippen LogP contribution is 2.32. The number of aromatic nitrogens is 1. The van der Waals surface area contributed by atoms with Gasteiger partial charge in [-0.2, -0.15) is 0 Å². The number of methoxy groups -OCH3 is 1. The van der Waals surface area contributed by atoms with E-state index < -0.39 is 6.09 Å². The summed E-state index contributed by atoms with van der Waals surface area (Å²) in [6, 6.07) is 5.53. The number of benzene rings is 1. The minimum absolute atomic E-state index is 0.110. The van der Waals surface area contributed by atoms with Crippen LogP contribution in [-0.2, 0) is 19.0 Å². The van der Waals surface area contributed by atoms with Crippen molar-refractivity contribution in [1.82, 2.24) is 10.3 Å². The predicted octanol–water partition coefficient (Wildman–Crippen LogP) is 2.84. The third-order valence-electron chi connectivity index (χ3n) is 3.71. The molecule has 1 aromatic carbocycles. The van der Waals surface area contributed by atoms with E-state index >= 15 is 0 Å². The second-order valence-corrected chi connectivity index (χ2v) is 8.09. The number of rotatable bonds is 7. The monoisotopic (exact) mass is 411 g/mol. The highest BCUT2D eigenvalue weighted by Gasteiger charge is 2.14. The Morgan fingerprint density at radius 2 is 2.19 bits per heavy atom. The first-order valence-corrected chi connectivity index (χ1v) is 10.3. The molecule has 2 N–H and O–H groups in total. The number of hydrogen-bond acceptors (Lipinski definition) is 8. The van der Waals surface area contributed by atoms with Gasteiger partial charge in [-0.05, 0) is 24.6 Å². The topological polar surface area (TPSA) is 98.8 Å². The van der Waals surface area contributed by atoms with E-state index in [2.05, 4.69) is 20.4 Å². The molecule has 1 fully saturated rings. The van der Waals surface area contributed by atoms with E-state index in [-0.39, 0.29) is 18.7 Å². The van der Waals surface area contributed by atoms with Crippen LogP contribution in [0.1, 0.15) is 12.8 Å². The summed E-state index contributed by atoms with van der Waals surface area (Å²) < 4.78 is 17.5. The molecular weight excluding hydrogens is 390 g/mol. The number of carbonyl (C=O) groups excluding carboxylic acids is 2. The second kappa shape index (κ2) is 9.88. The van der Waals surface area contributed by atoms with Gasteiger partial charge in [0.25, 0.3) is 0 Å². The molecule has 0 aliphatic carbocycles. The first-order chi connectivity index (χ1) is 13.1. The Labute approximate surface area is 165 Å². The molecule has 146 valence electrons. The number of ether oxygens (including phenoxy) is 3. The number of anilines is 1. The molecule has 0 radical (unpaired) electrons. The van der Waals surface area contributed by atoms with Crippen LogP contribution in [0.5, 0.6) is 0 Å². The van der Waals surface area contributed by atoms with Crippen molar-refractivity contribution in [3.63, 3.8) is 0 Å². The first-order valence-electron chi connectivity index (χ1n) is 8.52. The number of thiazole rings is 1. The van der Waals surface area contributed by atoms with Crippen molar-refractivity contribution in [2.45, 2.75) is 23.5 Å². The van der Waals surface area contributed by atoms with Crippen molar-refractivity contribution in [2.75, 3.05) is 37.9 Å². The van der Waals surface area contributed by atoms with Crippen molar-refractivity contribution in [2.24, 2.45) is 0 Å². The number of fused-ring (bicyclic) bond motifs is 1. The zero-order valence-electron chi connectivity index (χ0n) is 14.9. The number of nitrogens with zero attached hydrogens (tertiary/aromatic N) is 1. The molecule has 8 nitrogen and oxygen atoms in total. The smallest absolute Gasteiger partial charge is 0.407 e. The Morgan fingerprint density at radius 1 is 1.37 bits per heavy atom. The Bertz CT molecular complexity index is 792. The fourth-order valence-corrected chi connectivity index (χ4v) is 4.56. The lowest BCUT2D eigenvalue weighted by atomic mass is 10.3. The van der Waals surface area contributed by atoms with Crippen LogP contribution in [0.3, 0.4) is 0 Å². The Balaban J connectivity index is 1.51. The summed E-state index contributed by atoms with van der Waals surface area (Å²) in [4.78, 5) is 27.4. The molecule has 0 unspecified atom stereocenters. The van der Waals surface area contributed by atoms with E-state index in [0.29, 0.717) is 5.69 Å². The summed E-state index contributed by atoms with van der Waals surface area (Å²) in [7, 11) is 1.25. The molecule has 1 saturated heterocycles. The van der Waals surface area contributed by atoms with Crippen molar-refractivity contribution in [3.05, 3.63) is 18.2 Å². The van der Waals surface area contributed by atoms with Gasteiger partial charge in [-0.15, -0.1) is 11.3 Å². The van der Waals surface area contributed by atoms with Gasteiger partial charge in [-0.1, -0.05) is 11.8 Å². The minimum Gasteiger partial charge on any atom is -0.453 e. The maximum absolute atomic E-state index is 11.8. The summed E-state index contributed by atoms with van der Waals surface area (Å²) in [6.07, 6.45) is 1.03. The van der Waals surface area contributed by atoms with Gasteiger partial charge in [-0.3, -0.25) is 4.79 Å². The largest absolute Gasteiger partial charge is 0.453 e. The SMILES string of the molecule is COC(=O)NCC(=O)Nc1ccc2nc(SCCC3OCCCO3)sc2c1. The molecule has 1 aliphatic heterocycles. The Morgan fingerprint density at radius 3 is 2.96 bits per heavy atom. The molecule has 1 aliphatic rings. The lowest BCUT2D eigenvalue weighted by Gasteiger charge is -2.22. The molecule has 0 saturated carbocycles. The van der Waals surface area contributed by atoms with Crippen LogP contribution in [0, 0.1) is 0 Å². The van der Waals surface area contributed by atoms with Crippen molar-refractivity contribution in [1.29, 1.82) is 0 Å². The van der Waals surface area contributed by atoms with Gasteiger partial charge in [0.15, 0.2) is 10.6 Å². The number of nitrogens with one attached hydrogen (secondary N) is 2. The lowest BCUT2D eigenvalue weighted by Crippen LogP contribution is -2.32. The predicted molar refractivity (Wildman–Crippen MR) is 104 cm³/mol. The highest BCUT2D eigenvalue weighted by atomic mass is 32.2. The summed E-state index contributed by atoms with van der Waals surface area (Å²) in [5.74, 6) is 0.541. The van der Waals surface area contributed by atoms with Gasteiger partial charge in [-0.25, -0.2) is 9.78 Å². The third kappa shape index (κ3) is 6.06. The Hall–Kier alpha value is -1.88. The molecule has 3 rings (SSSR count). The van der Waals surface area contributed by atoms with Gasteiger partial charge in [0.05, 0.1) is 30.5 Å². The van der Waals surface area contributed by atoms with E-state index in [4.69, 9.17) is 9.47 Å². The van der Waals surface area contributed by atoms with Crippen LogP contribution >= 0.6 is 23.1 Å². The fraction of sp³-hybridized carbons (Fsp3) is 0.471. The van der Waals surface area contributed by atoms with Gasteiger partial charge in [0.1, 0.15) is 6.54 Å². The zero-order valence-corrected chi connectivity index (χ0v) is 16.5. The molecule has 2 aromatic rings. The van der Waals surface area contributed by atoms with E-state index in [9.17, 15) is 9.59 Å². The summed E-state index contributed by atoms with van der Waals surface area (Å²) >= 11 is 3.25. The van der Waals surface area contributed by atoms with Gasteiger partial charge in [0.2, 0.25) is 5.91 Å². The van der Waals surface area contributed by atoms with Gasteiger partial charge in [0, 0.05) is 17.9 Å². The lowest BCUT2D eigenvalue weighted by molar-refractivity contribution is -0.178. The first kappa shape index (κ1) is 19.9. The number of hydrogen-bond donors (Lipinski definition) is 2. The molecule has 2 amide bonds. The standard InChI is InChI=1S/C17H21N3O5S2/c1-23-16(22)18-10-14(21)19-11-3-4-12-13(9-11)27-17(20-12)26-8-5-15-24-6-2-7-25-15/h3-4,9,15H,2,5-8,10H2,1H3,(H,18,22)(H,19,21). The maximum atomic E-state index is 11.8. The van der Waals surface area contributed by atoms with E-state index in [0.717, 1.165) is 46.4 Å². The van der Waals surface area contributed by atoms with E-state index in [1.165, 1.54) is 7.11 Å². The quantitative estimate of drug-likeness (QED) is 0.676. The molecular formula is C17H21N3O5S2. The van der Waals surface area contributed by atoms with Crippen LogP contribution in [0.15, 0.2) is 22.5 Å². The number of amides is 2. The Kier molecular flexibility index (Phi) is 7.27. The van der Waals surface area contributed by atoms with E-state index in [1.54, 1.807) is 29.2 Å². The summed E-state index contributed by atoms with van der Waals surface area (Å²) in [5, 5.41) is 5.08. The fourth-order valence-electron chi connectivity index (χ4n) is 2.42. The van der Waals surface area contributed by atoms with Crippen LogP contribution in [0.4, 0.5) is 10.5 Å². The second-order valence-electron chi connectivity index (χ2n) is 5.72. The minimum atomic E-state index is -0.645. The molecule has 0 atom stereocenters. The van der Waals surface area contributed by atoms with Crippen LogP contribution in [0.25, 0.3) is 10.2 Å². The average Bonchev–Trinajstić information content (AvgIpc) is 3.09. The maximum Gasteiger partial charge on any atom is 0.407 e. The highest BCUT2D eigenvalue weighted by molar-refractivity contribution is 8.01. The average molecular weight is 412 g/mol. The summed E-state index contributed by atoms with van der Waals surface area (Å²) in [5.41, 5.74) is 1.54. The number of alkyl carbamates (subject to hydrolysis) is 1. The van der Waals surface area contributed by atoms with Gasteiger partial charge >= 0.3 is 6.09 Å². The van der Waals surface area contributed by atoms with Crippen molar-refractivity contribution in [3.8, 4) is 0 Å². The molecule has 2 heterocycles. The van der Waals surface area contributed by atoms with Gasteiger partial charge < -0.3 is 24.8 Å². The molecule has 1 aromatic heterocycles. The van der Waals surface area contributed by atoms with Crippen LogP contribution < -0.4 is 10.6 Å². The number of thioether (sulfide) groups is 1. The molecule has 0 bridgehead atoms. The molecule has 27 heavy (non-hydrogen) atoms. The van der Waals surface area contributed by atoms with Crippen molar-refractivity contribution >= 4 is 51.0 Å².